The van der Waals surface area contributed by atoms with E-state index in [1.54, 1.807) is 12.1 Å². The molecule has 0 spiro atoms. The maximum Gasteiger partial charge on any atom is 0.150 e. The number of aldehydes is 1. The van der Waals surface area contributed by atoms with Gasteiger partial charge in [-0.1, -0.05) is 0 Å². The van der Waals surface area contributed by atoms with Gasteiger partial charge < -0.3 is 4.90 Å². The highest BCUT2D eigenvalue weighted by atomic mass is 19.1. The first-order chi connectivity index (χ1) is 7.26. The van der Waals surface area contributed by atoms with E-state index in [1.165, 1.54) is 6.07 Å². The molecule has 3 heteroatoms. The van der Waals surface area contributed by atoms with Gasteiger partial charge in [-0.15, -0.1) is 0 Å². The highest BCUT2D eigenvalue weighted by Gasteiger charge is 2.29. The number of nitrogens with zero attached hydrogens (tertiary/aromatic N) is 1. The molecule has 1 aromatic rings. The normalized spacial score (nSPS) is 15.1. The highest BCUT2D eigenvalue weighted by molar-refractivity contribution is 5.76. The molecule has 80 valence electrons. The number of carbonyl (C=O) groups excluding carboxylic acids is 1. The van der Waals surface area contributed by atoms with Crippen molar-refractivity contribution in [1.82, 2.24) is 0 Å². The van der Waals surface area contributed by atoms with E-state index in [2.05, 4.69) is 4.90 Å². The second-order valence-electron chi connectivity index (χ2n) is 3.85. The number of rotatable bonds is 4. The molecule has 1 aromatic carbocycles. The monoisotopic (exact) mass is 207 g/mol. The van der Waals surface area contributed by atoms with Crippen LogP contribution in [0.25, 0.3) is 0 Å². The third kappa shape index (κ3) is 2.01. The van der Waals surface area contributed by atoms with Crippen molar-refractivity contribution < 1.29 is 9.18 Å². The Hall–Kier alpha value is -1.38. The van der Waals surface area contributed by atoms with E-state index in [1.807, 2.05) is 6.92 Å². The van der Waals surface area contributed by atoms with E-state index in [4.69, 9.17) is 0 Å². The lowest BCUT2D eigenvalue weighted by molar-refractivity contribution is 0.112. The lowest BCUT2D eigenvalue weighted by Crippen LogP contribution is -2.25. The zero-order valence-corrected chi connectivity index (χ0v) is 8.74. The highest BCUT2D eigenvalue weighted by Crippen LogP contribution is 2.32. The van der Waals surface area contributed by atoms with Gasteiger partial charge in [0, 0.05) is 18.2 Å². The fourth-order valence-corrected chi connectivity index (χ4v) is 1.84. The minimum atomic E-state index is -0.298. The molecule has 1 aliphatic carbocycles. The molecule has 2 rings (SSSR count). The fourth-order valence-electron chi connectivity index (χ4n) is 1.84. The SMILES string of the molecule is CCN(c1ccc(C=O)cc1F)C1CC1. The molecule has 0 saturated heterocycles. The number of hydrogen-bond donors (Lipinski definition) is 0. The minimum Gasteiger partial charge on any atom is -0.366 e. The Bertz CT molecular complexity index is 374. The van der Waals surface area contributed by atoms with Crippen LogP contribution >= 0.6 is 0 Å². The van der Waals surface area contributed by atoms with Crippen molar-refractivity contribution in [2.45, 2.75) is 25.8 Å². The Morgan fingerprint density at radius 1 is 1.53 bits per heavy atom. The Balaban J connectivity index is 2.29. The predicted octanol–water partition coefficient (Wildman–Crippen LogP) is 2.63. The van der Waals surface area contributed by atoms with Gasteiger partial charge in [0.05, 0.1) is 5.69 Å². The summed E-state index contributed by atoms with van der Waals surface area (Å²) in [6, 6.07) is 5.15. The van der Waals surface area contributed by atoms with E-state index in [9.17, 15) is 9.18 Å². The molecule has 1 aliphatic rings. The molecule has 2 nitrogen and oxygen atoms in total. The van der Waals surface area contributed by atoms with Gasteiger partial charge >= 0.3 is 0 Å². The van der Waals surface area contributed by atoms with Crippen LogP contribution in [0.1, 0.15) is 30.1 Å². The largest absolute Gasteiger partial charge is 0.366 e. The van der Waals surface area contributed by atoms with Crippen molar-refractivity contribution in [2.24, 2.45) is 0 Å². The summed E-state index contributed by atoms with van der Waals surface area (Å²) in [5.41, 5.74) is 1.01. The van der Waals surface area contributed by atoms with Gasteiger partial charge in [-0.3, -0.25) is 4.79 Å². The third-order valence-corrected chi connectivity index (χ3v) is 2.75. The average Bonchev–Trinajstić information content (AvgIpc) is 3.05. The minimum absolute atomic E-state index is 0.298. The second kappa shape index (κ2) is 4.01. The lowest BCUT2D eigenvalue weighted by atomic mass is 10.2. The molecule has 0 unspecified atom stereocenters. The molecule has 0 radical (unpaired) electrons. The summed E-state index contributed by atoms with van der Waals surface area (Å²) in [6.07, 6.45) is 2.95. The van der Waals surface area contributed by atoms with Gasteiger partial charge in [0.25, 0.3) is 0 Å². The van der Waals surface area contributed by atoms with Crippen molar-refractivity contribution in [3.05, 3.63) is 29.6 Å². The number of anilines is 1. The summed E-state index contributed by atoms with van der Waals surface area (Å²) < 4.78 is 13.7. The first kappa shape index (κ1) is 10.1. The van der Waals surface area contributed by atoms with Gasteiger partial charge in [-0.25, -0.2) is 4.39 Å². The van der Waals surface area contributed by atoms with E-state index in [0.717, 1.165) is 19.4 Å². The topological polar surface area (TPSA) is 20.3 Å². The van der Waals surface area contributed by atoms with Crippen molar-refractivity contribution >= 4 is 12.0 Å². The van der Waals surface area contributed by atoms with Crippen LogP contribution in [0.5, 0.6) is 0 Å². The zero-order valence-electron chi connectivity index (χ0n) is 8.74. The van der Waals surface area contributed by atoms with Gasteiger partial charge in [0.15, 0.2) is 0 Å². The molecule has 15 heavy (non-hydrogen) atoms. The van der Waals surface area contributed by atoms with E-state index >= 15 is 0 Å². The number of hydrogen-bond acceptors (Lipinski definition) is 2. The summed E-state index contributed by atoms with van der Waals surface area (Å²) in [6.45, 7) is 2.83. The van der Waals surface area contributed by atoms with Crippen molar-refractivity contribution in [2.75, 3.05) is 11.4 Å². The number of benzene rings is 1. The quantitative estimate of drug-likeness (QED) is 0.707. The van der Waals surface area contributed by atoms with Gasteiger partial charge in [0.2, 0.25) is 0 Å². The van der Waals surface area contributed by atoms with Crippen LogP contribution < -0.4 is 4.90 Å². The molecule has 0 heterocycles. The van der Waals surface area contributed by atoms with Crippen molar-refractivity contribution in [3.63, 3.8) is 0 Å². The molecule has 0 amide bonds. The van der Waals surface area contributed by atoms with E-state index in [0.29, 0.717) is 23.6 Å². The molecule has 1 fully saturated rings. The van der Waals surface area contributed by atoms with Crippen LogP contribution in [0.15, 0.2) is 18.2 Å². The standard InChI is InChI=1S/C12H14FNO/c1-2-14(10-4-5-10)12-6-3-9(8-15)7-11(12)13/h3,6-8,10H,2,4-5H2,1H3. The Labute approximate surface area is 88.7 Å². The van der Waals surface area contributed by atoms with Crippen molar-refractivity contribution in [3.8, 4) is 0 Å². The second-order valence-corrected chi connectivity index (χ2v) is 3.85. The van der Waals surface area contributed by atoms with Gasteiger partial charge in [0.1, 0.15) is 12.1 Å². The molecule has 1 saturated carbocycles. The average molecular weight is 207 g/mol. The van der Waals surface area contributed by atoms with Crippen molar-refractivity contribution in [1.29, 1.82) is 0 Å². The molecular formula is C12H14FNO. The summed E-state index contributed by atoms with van der Waals surface area (Å²) in [7, 11) is 0. The molecule has 0 aliphatic heterocycles. The van der Waals surface area contributed by atoms with E-state index < -0.39 is 0 Å². The summed E-state index contributed by atoms with van der Waals surface area (Å²) in [5, 5.41) is 0. The predicted molar refractivity (Wildman–Crippen MR) is 57.8 cm³/mol. The third-order valence-electron chi connectivity index (χ3n) is 2.75. The molecule has 0 aromatic heterocycles. The van der Waals surface area contributed by atoms with Gasteiger partial charge in [-0.05, 0) is 38.0 Å². The zero-order chi connectivity index (χ0) is 10.8. The summed E-state index contributed by atoms with van der Waals surface area (Å²) >= 11 is 0. The molecule has 0 N–H and O–H groups in total. The summed E-state index contributed by atoms with van der Waals surface area (Å²) in [5.74, 6) is -0.298. The van der Waals surface area contributed by atoms with Gasteiger partial charge in [-0.2, -0.15) is 0 Å². The van der Waals surface area contributed by atoms with Crippen LogP contribution in [-0.2, 0) is 0 Å². The van der Waals surface area contributed by atoms with Crippen LogP contribution in [0, 0.1) is 5.82 Å². The first-order valence-corrected chi connectivity index (χ1v) is 5.27. The first-order valence-electron chi connectivity index (χ1n) is 5.27. The summed E-state index contributed by atoms with van der Waals surface area (Å²) in [4.78, 5) is 12.5. The van der Waals surface area contributed by atoms with Crippen LogP contribution in [-0.4, -0.2) is 18.9 Å². The lowest BCUT2D eigenvalue weighted by Gasteiger charge is -2.23. The molecular weight excluding hydrogens is 193 g/mol. The maximum atomic E-state index is 13.7. The smallest absolute Gasteiger partial charge is 0.150 e. The Morgan fingerprint density at radius 3 is 2.73 bits per heavy atom. The fraction of sp³-hybridized carbons (Fsp3) is 0.417. The van der Waals surface area contributed by atoms with E-state index in [-0.39, 0.29) is 5.82 Å². The van der Waals surface area contributed by atoms with Crippen LogP contribution in [0.3, 0.4) is 0 Å². The Morgan fingerprint density at radius 2 is 2.27 bits per heavy atom. The molecule has 0 bridgehead atoms. The van der Waals surface area contributed by atoms with Crippen LogP contribution in [0.4, 0.5) is 10.1 Å². The number of halogens is 1. The maximum absolute atomic E-state index is 13.7. The van der Waals surface area contributed by atoms with Crippen LogP contribution in [0.2, 0.25) is 0 Å². The Kier molecular flexibility index (Phi) is 2.71. The number of carbonyl (C=O) groups is 1. The molecule has 0 atom stereocenters.